The quantitative estimate of drug-likeness (QED) is 0.740. The van der Waals surface area contributed by atoms with Gasteiger partial charge in [-0.25, -0.2) is 0 Å². The number of methoxy groups -OCH3 is 1. The maximum Gasteiger partial charge on any atom is 0.241 e. The van der Waals surface area contributed by atoms with Crippen molar-refractivity contribution in [3.05, 3.63) is 29.8 Å². The van der Waals surface area contributed by atoms with E-state index in [9.17, 15) is 9.59 Å². The van der Waals surface area contributed by atoms with Crippen LogP contribution in [-0.2, 0) is 16.1 Å². The van der Waals surface area contributed by atoms with E-state index in [2.05, 4.69) is 6.92 Å². The molecule has 0 atom stereocenters. The smallest absolute Gasteiger partial charge is 0.241 e. The van der Waals surface area contributed by atoms with Gasteiger partial charge in [-0.3, -0.25) is 9.59 Å². The second-order valence-corrected chi connectivity index (χ2v) is 5.39. The molecule has 0 unspecified atom stereocenters. The fourth-order valence-electron chi connectivity index (χ4n) is 2.03. The molecule has 0 aromatic heterocycles. The molecule has 0 aliphatic carbocycles. The van der Waals surface area contributed by atoms with Crippen molar-refractivity contribution in [2.45, 2.75) is 33.2 Å². The minimum atomic E-state index is -0.104. The van der Waals surface area contributed by atoms with Gasteiger partial charge in [0.15, 0.2) is 0 Å². The molecule has 0 spiro atoms. The Kier molecular flexibility index (Phi) is 7.43. The van der Waals surface area contributed by atoms with Gasteiger partial charge >= 0.3 is 0 Å². The summed E-state index contributed by atoms with van der Waals surface area (Å²) in [5.74, 6) is 0.638. The van der Waals surface area contributed by atoms with E-state index in [1.165, 1.54) is 6.92 Å². The van der Waals surface area contributed by atoms with Gasteiger partial charge < -0.3 is 14.5 Å². The molecule has 5 nitrogen and oxygen atoms in total. The number of ether oxygens (including phenoxy) is 1. The molecular formula is C17H26N2O3. The topological polar surface area (TPSA) is 49.9 Å². The highest BCUT2D eigenvalue weighted by molar-refractivity contribution is 5.83. The lowest BCUT2D eigenvalue weighted by Gasteiger charge is -2.24. The van der Waals surface area contributed by atoms with Crippen LogP contribution < -0.4 is 4.74 Å². The van der Waals surface area contributed by atoms with Gasteiger partial charge in [0.2, 0.25) is 11.8 Å². The number of likely N-dealkylation sites (N-methyl/N-ethyl adjacent to an activating group) is 1. The van der Waals surface area contributed by atoms with E-state index in [1.54, 1.807) is 24.0 Å². The summed E-state index contributed by atoms with van der Waals surface area (Å²) in [5.41, 5.74) is 0.972. The number of benzene rings is 1. The molecule has 0 fully saturated rings. The number of hydrogen-bond acceptors (Lipinski definition) is 3. The number of nitrogens with zero attached hydrogens (tertiary/aromatic N) is 2. The molecule has 22 heavy (non-hydrogen) atoms. The molecule has 0 radical (unpaired) electrons. The SMILES string of the molecule is CCCCN(C)C(=O)CN(Cc1ccc(OC)cc1)C(C)=O. The van der Waals surface area contributed by atoms with Crippen LogP contribution in [0, 0.1) is 0 Å². The van der Waals surface area contributed by atoms with Crippen molar-refractivity contribution in [2.24, 2.45) is 0 Å². The first kappa shape index (κ1) is 18.0. The molecular weight excluding hydrogens is 280 g/mol. The van der Waals surface area contributed by atoms with Crippen LogP contribution in [0.2, 0.25) is 0 Å². The van der Waals surface area contributed by atoms with E-state index >= 15 is 0 Å². The standard InChI is InChI=1S/C17H26N2O3/c1-5-6-11-18(3)17(21)13-19(14(2)20)12-15-7-9-16(22-4)10-8-15/h7-10H,5-6,11-13H2,1-4H3. The van der Waals surface area contributed by atoms with E-state index in [0.29, 0.717) is 6.54 Å². The molecule has 0 N–H and O–H groups in total. The number of unbranched alkanes of at least 4 members (excludes halogenated alkanes) is 1. The van der Waals surface area contributed by atoms with E-state index in [0.717, 1.165) is 30.7 Å². The third-order valence-corrected chi connectivity index (χ3v) is 3.58. The summed E-state index contributed by atoms with van der Waals surface area (Å²) >= 11 is 0. The van der Waals surface area contributed by atoms with Crippen molar-refractivity contribution in [3.8, 4) is 5.75 Å². The summed E-state index contributed by atoms with van der Waals surface area (Å²) in [4.78, 5) is 27.2. The average molecular weight is 306 g/mol. The first-order chi connectivity index (χ1) is 10.5. The fourth-order valence-corrected chi connectivity index (χ4v) is 2.03. The number of amides is 2. The molecule has 1 aromatic carbocycles. The van der Waals surface area contributed by atoms with Crippen molar-refractivity contribution in [3.63, 3.8) is 0 Å². The molecule has 0 heterocycles. The Labute approximate surface area is 132 Å². The molecule has 0 saturated heterocycles. The lowest BCUT2D eigenvalue weighted by Crippen LogP contribution is -2.40. The van der Waals surface area contributed by atoms with Gasteiger partial charge in [-0.05, 0) is 24.1 Å². The fraction of sp³-hybridized carbons (Fsp3) is 0.529. The Morgan fingerprint density at radius 2 is 1.82 bits per heavy atom. The van der Waals surface area contributed by atoms with Crippen LogP contribution in [0.15, 0.2) is 24.3 Å². The predicted octanol–water partition coefficient (Wildman–Crippen LogP) is 2.30. The summed E-state index contributed by atoms with van der Waals surface area (Å²) in [6, 6.07) is 7.51. The van der Waals surface area contributed by atoms with E-state index < -0.39 is 0 Å². The first-order valence-corrected chi connectivity index (χ1v) is 7.60. The summed E-state index contributed by atoms with van der Waals surface area (Å²) < 4.78 is 5.11. The van der Waals surface area contributed by atoms with E-state index in [4.69, 9.17) is 4.74 Å². The van der Waals surface area contributed by atoms with E-state index in [-0.39, 0.29) is 18.4 Å². The number of rotatable bonds is 8. The summed E-state index contributed by atoms with van der Waals surface area (Å²) in [6.07, 6.45) is 2.01. The van der Waals surface area contributed by atoms with Gasteiger partial charge in [0.25, 0.3) is 0 Å². The molecule has 0 aliphatic rings. The monoisotopic (exact) mass is 306 g/mol. The highest BCUT2D eigenvalue weighted by Crippen LogP contribution is 2.13. The van der Waals surface area contributed by atoms with Crippen LogP contribution in [0.25, 0.3) is 0 Å². The van der Waals surface area contributed by atoms with Crippen molar-refractivity contribution in [1.29, 1.82) is 0 Å². The first-order valence-electron chi connectivity index (χ1n) is 7.60. The average Bonchev–Trinajstić information content (AvgIpc) is 2.52. The minimum absolute atomic E-state index is 0.0304. The lowest BCUT2D eigenvalue weighted by atomic mass is 10.2. The Balaban J connectivity index is 2.64. The van der Waals surface area contributed by atoms with Crippen LogP contribution in [0.5, 0.6) is 5.75 Å². The molecule has 0 bridgehead atoms. The van der Waals surface area contributed by atoms with Gasteiger partial charge in [-0.1, -0.05) is 25.5 Å². The molecule has 0 aliphatic heterocycles. The van der Waals surface area contributed by atoms with Crippen LogP contribution in [-0.4, -0.2) is 48.9 Å². The van der Waals surface area contributed by atoms with Gasteiger partial charge in [0.1, 0.15) is 12.3 Å². The minimum Gasteiger partial charge on any atom is -0.497 e. The Morgan fingerprint density at radius 3 is 2.32 bits per heavy atom. The second kappa shape index (κ2) is 9.07. The van der Waals surface area contributed by atoms with Crippen LogP contribution >= 0.6 is 0 Å². The third kappa shape index (κ3) is 5.76. The van der Waals surface area contributed by atoms with Gasteiger partial charge in [0, 0.05) is 27.1 Å². The van der Waals surface area contributed by atoms with Crippen LogP contribution in [0.3, 0.4) is 0 Å². The van der Waals surface area contributed by atoms with Crippen molar-refractivity contribution in [1.82, 2.24) is 9.80 Å². The molecule has 122 valence electrons. The van der Waals surface area contributed by atoms with Crippen LogP contribution in [0.1, 0.15) is 32.3 Å². The molecule has 2 amide bonds. The third-order valence-electron chi connectivity index (χ3n) is 3.58. The number of carbonyl (C=O) groups is 2. The molecule has 1 aromatic rings. The molecule has 5 heteroatoms. The predicted molar refractivity (Wildman–Crippen MR) is 86.6 cm³/mol. The Morgan fingerprint density at radius 1 is 1.18 bits per heavy atom. The maximum absolute atomic E-state index is 12.2. The number of carbonyl (C=O) groups excluding carboxylic acids is 2. The zero-order chi connectivity index (χ0) is 16.5. The molecule has 1 rings (SSSR count). The van der Waals surface area contributed by atoms with Crippen molar-refractivity contribution in [2.75, 3.05) is 27.2 Å². The normalized spacial score (nSPS) is 10.2. The van der Waals surface area contributed by atoms with Crippen LogP contribution in [0.4, 0.5) is 0 Å². The zero-order valence-corrected chi connectivity index (χ0v) is 14.0. The maximum atomic E-state index is 12.2. The Bertz CT molecular complexity index is 485. The largest absolute Gasteiger partial charge is 0.497 e. The highest BCUT2D eigenvalue weighted by atomic mass is 16.5. The van der Waals surface area contributed by atoms with Crippen molar-refractivity contribution < 1.29 is 14.3 Å². The van der Waals surface area contributed by atoms with E-state index in [1.807, 2.05) is 24.3 Å². The summed E-state index contributed by atoms with van der Waals surface area (Å²) in [7, 11) is 3.39. The van der Waals surface area contributed by atoms with Crippen molar-refractivity contribution >= 4 is 11.8 Å². The number of hydrogen-bond donors (Lipinski definition) is 0. The van der Waals surface area contributed by atoms with Gasteiger partial charge in [0.05, 0.1) is 7.11 Å². The lowest BCUT2D eigenvalue weighted by molar-refractivity contribution is -0.139. The van der Waals surface area contributed by atoms with Gasteiger partial charge in [-0.15, -0.1) is 0 Å². The summed E-state index contributed by atoms with van der Waals surface area (Å²) in [6.45, 7) is 4.84. The summed E-state index contributed by atoms with van der Waals surface area (Å²) in [5, 5.41) is 0. The second-order valence-electron chi connectivity index (χ2n) is 5.39. The molecule has 0 saturated carbocycles. The Hall–Kier alpha value is -2.04. The zero-order valence-electron chi connectivity index (χ0n) is 14.0. The highest BCUT2D eigenvalue weighted by Gasteiger charge is 2.16. The van der Waals surface area contributed by atoms with Gasteiger partial charge in [-0.2, -0.15) is 0 Å².